The summed E-state index contributed by atoms with van der Waals surface area (Å²) in [7, 11) is 0. The molecule has 2 fully saturated rings. The minimum absolute atomic E-state index is 0.0320. The maximum atomic E-state index is 12.6. The Kier molecular flexibility index (Phi) is 2.81. The highest BCUT2D eigenvalue weighted by atomic mass is 19.3. The van der Waals surface area contributed by atoms with Crippen LogP contribution < -0.4 is 5.32 Å². The van der Waals surface area contributed by atoms with Gasteiger partial charge in [0.2, 0.25) is 0 Å². The maximum absolute atomic E-state index is 12.6. The molecule has 0 radical (unpaired) electrons. The third-order valence-electron chi connectivity index (χ3n) is 3.00. The fraction of sp³-hybridized carbons (Fsp3) is 0.889. The SMILES string of the molecule is O=C(NC1CC2CCC1O2)C(F)(F)C(F)F. The van der Waals surface area contributed by atoms with Crippen LogP contribution in [0.15, 0.2) is 0 Å². The van der Waals surface area contributed by atoms with Gasteiger partial charge >= 0.3 is 12.3 Å². The predicted octanol–water partition coefficient (Wildman–Crippen LogP) is 1.32. The lowest BCUT2D eigenvalue weighted by atomic mass is 9.95. The number of carbonyl (C=O) groups is 1. The average Bonchev–Trinajstić information content (AvgIpc) is 2.78. The van der Waals surface area contributed by atoms with Crippen LogP contribution in [0, 0.1) is 0 Å². The second-order valence-electron chi connectivity index (χ2n) is 4.11. The molecule has 0 saturated carbocycles. The Bertz CT molecular complexity index is 297. The van der Waals surface area contributed by atoms with E-state index in [1.54, 1.807) is 0 Å². The molecule has 0 spiro atoms. The van der Waals surface area contributed by atoms with Crippen LogP contribution in [0.1, 0.15) is 19.3 Å². The van der Waals surface area contributed by atoms with Gasteiger partial charge in [0.05, 0.1) is 18.2 Å². The Morgan fingerprint density at radius 1 is 1.38 bits per heavy atom. The lowest BCUT2D eigenvalue weighted by Crippen LogP contribution is -2.51. The molecular formula is C9H11F4NO2. The van der Waals surface area contributed by atoms with E-state index in [1.165, 1.54) is 0 Å². The lowest BCUT2D eigenvalue weighted by molar-refractivity contribution is -0.170. The van der Waals surface area contributed by atoms with Crippen molar-refractivity contribution < 1.29 is 27.1 Å². The Morgan fingerprint density at radius 2 is 2.06 bits per heavy atom. The normalized spacial score (nSPS) is 33.4. The third-order valence-corrected chi connectivity index (χ3v) is 3.00. The van der Waals surface area contributed by atoms with Crippen LogP contribution in [0.5, 0.6) is 0 Å². The molecular weight excluding hydrogens is 230 g/mol. The first-order chi connectivity index (χ1) is 7.41. The van der Waals surface area contributed by atoms with E-state index < -0.39 is 24.3 Å². The molecule has 3 atom stereocenters. The number of hydrogen-bond acceptors (Lipinski definition) is 2. The van der Waals surface area contributed by atoms with Crippen LogP contribution in [0.2, 0.25) is 0 Å². The van der Waals surface area contributed by atoms with Gasteiger partial charge in [0.15, 0.2) is 0 Å². The van der Waals surface area contributed by atoms with E-state index in [0.717, 1.165) is 6.42 Å². The lowest BCUT2D eigenvalue weighted by Gasteiger charge is -2.22. The summed E-state index contributed by atoms with van der Waals surface area (Å²) >= 11 is 0. The molecule has 0 aromatic rings. The molecule has 2 aliphatic heterocycles. The highest BCUT2D eigenvalue weighted by Gasteiger charge is 2.51. The van der Waals surface area contributed by atoms with E-state index in [-0.39, 0.29) is 12.2 Å². The van der Waals surface area contributed by atoms with E-state index in [9.17, 15) is 22.4 Å². The van der Waals surface area contributed by atoms with Gasteiger partial charge in [-0.25, -0.2) is 8.78 Å². The molecule has 2 saturated heterocycles. The van der Waals surface area contributed by atoms with Gasteiger partial charge in [-0.15, -0.1) is 0 Å². The smallest absolute Gasteiger partial charge is 0.373 e. The van der Waals surface area contributed by atoms with E-state index in [4.69, 9.17) is 4.74 Å². The van der Waals surface area contributed by atoms with Crippen molar-refractivity contribution >= 4 is 5.91 Å². The molecule has 0 aromatic carbocycles. The number of alkyl halides is 4. The van der Waals surface area contributed by atoms with Gasteiger partial charge in [-0.2, -0.15) is 8.78 Å². The number of hydrogen-bond donors (Lipinski definition) is 1. The van der Waals surface area contributed by atoms with Crippen molar-refractivity contribution in [2.75, 3.05) is 0 Å². The maximum Gasteiger partial charge on any atom is 0.383 e. The Labute approximate surface area is 89.1 Å². The van der Waals surface area contributed by atoms with Crippen molar-refractivity contribution in [1.29, 1.82) is 0 Å². The standard InChI is InChI=1S/C9H11F4NO2/c10-7(11)9(12,13)8(15)14-5-3-4-1-2-6(5)16-4/h4-7H,1-3H2,(H,14,15). The molecule has 3 unspecified atom stereocenters. The van der Waals surface area contributed by atoms with Crippen LogP contribution >= 0.6 is 0 Å². The molecule has 92 valence electrons. The zero-order chi connectivity index (χ0) is 11.9. The first-order valence-electron chi connectivity index (χ1n) is 5.03. The zero-order valence-electron chi connectivity index (χ0n) is 8.26. The second-order valence-corrected chi connectivity index (χ2v) is 4.11. The summed E-state index contributed by atoms with van der Waals surface area (Å²) in [5.74, 6) is -6.54. The summed E-state index contributed by atoms with van der Waals surface area (Å²) in [6, 6.07) is -0.559. The van der Waals surface area contributed by atoms with Crippen molar-refractivity contribution in [3.05, 3.63) is 0 Å². The van der Waals surface area contributed by atoms with Crippen LogP contribution in [0.3, 0.4) is 0 Å². The van der Waals surface area contributed by atoms with Crippen LogP contribution in [0.4, 0.5) is 17.6 Å². The molecule has 3 nitrogen and oxygen atoms in total. The molecule has 1 N–H and O–H groups in total. The van der Waals surface area contributed by atoms with E-state index in [1.807, 2.05) is 5.32 Å². The number of rotatable bonds is 3. The molecule has 2 heterocycles. The molecule has 2 aliphatic rings. The van der Waals surface area contributed by atoms with E-state index >= 15 is 0 Å². The topological polar surface area (TPSA) is 38.3 Å². The Hall–Kier alpha value is -0.850. The zero-order valence-corrected chi connectivity index (χ0v) is 8.26. The molecule has 2 bridgehead atoms. The van der Waals surface area contributed by atoms with E-state index in [0.29, 0.717) is 12.8 Å². The molecule has 1 amide bonds. The first-order valence-corrected chi connectivity index (χ1v) is 5.03. The second kappa shape index (κ2) is 3.87. The first kappa shape index (κ1) is 11.6. The van der Waals surface area contributed by atoms with Gasteiger partial charge in [0.25, 0.3) is 5.91 Å². The predicted molar refractivity (Wildman–Crippen MR) is 45.4 cm³/mol. The van der Waals surface area contributed by atoms with Gasteiger partial charge in [0.1, 0.15) is 0 Å². The summed E-state index contributed by atoms with van der Waals surface area (Å²) in [6.45, 7) is 0. The molecule has 0 aromatic heterocycles. The highest BCUT2D eigenvalue weighted by Crippen LogP contribution is 2.35. The van der Waals surface area contributed by atoms with E-state index in [2.05, 4.69) is 0 Å². The van der Waals surface area contributed by atoms with Gasteiger partial charge in [0, 0.05) is 0 Å². The van der Waals surface area contributed by atoms with Crippen molar-refractivity contribution in [2.45, 2.75) is 49.9 Å². The fourth-order valence-electron chi connectivity index (χ4n) is 2.15. The van der Waals surface area contributed by atoms with Gasteiger partial charge in [-0.05, 0) is 19.3 Å². The van der Waals surface area contributed by atoms with Crippen molar-refractivity contribution in [3.8, 4) is 0 Å². The summed E-state index contributed by atoms with van der Waals surface area (Å²) in [5, 5.41) is 1.94. The Morgan fingerprint density at radius 3 is 2.50 bits per heavy atom. The number of amides is 1. The van der Waals surface area contributed by atoms with Crippen LogP contribution in [-0.2, 0) is 9.53 Å². The fourth-order valence-corrected chi connectivity index (χ4v) is 2.15. The van der Waals surface area contributed by atoms with Crippen molar-refractivity contribution in [1.82, 2.24) is 5.32 Å². The number of halogens is 4. The van der Waals surface area contributed by atoms with Gasteiger partial charge in [-0.1, -0.05) is 0 Å². The van der Waals surface area contributed by atoms with Crippen LogP contribution in [-0.4, -0.2) is 36.5 Å². The quantitative estimate of drug-likeness (QED) is 0.757. The third kappa shape index (κ3) is 1.88. The number of nitrogens with one attached hydrogen (secondary N) is 1. The summed E-state index contributed by atoms with van der Waals surface area (Å²) in [5.41, 5.74) is 0. The highest BCUT2D eigenvalue weighted by molar-refractivity contribution is 5.84. The molecule has 2 rings (SSSR count). The molecule has 16 heavy (non-hydrogen) atoms. The number of carbonyl (C=O) groups excluding carboxylic acids is 1. The van der Waals surface area contributed by atoms with Gasteiger partial charge < -0.3 is 10.1 Å². The molecule has 7 heteroatoms. The van der Waals surface area contributed by atoms with Crippen molar-refractivity contribution in [3.63, 3.8) is 0 Å². The Balaban J connectivity index is 1.93. The molecule has 0 aliphatic carbocycles. The minimum Gasteiger partial charge on any atom is -0.373 e. The number of fused-ring (bicyclic) bond motifs is 2. The minimum atomic E-state index is -4.62. The van der Waals surface area contributed by atoms with Crippen LogP contribution in [0.25, 0.3) is 0 Å². The van der Waals surface area contributed by atoms with Crippen molar-refractivity contribution in [2.24, 2.45) is 0 Å². The summed E-state index contributed by atoms with van der Waals surface area (Å²) in [6.07, 6.45) is -2.38. The summed E-state index contributed by atoms with van der Waals surface area (Å²) < 4.78 is 54.3. The van der Waals surface area contributed by atoms with Gasteiger partial charge in [-0.3, -0.25) is 4.79 Å². The monoisotopic (exact) mass is 241 g/mol. The number of ether oxygens (including phenoxy) is 1. The average molecular weight is 241 g/mol. The largest absolute Gasteiger partial charge is 0.383 e. The summed E-state index contributed by atoms with van der Waals surface area (Å²) in [4.78, 5) is 10.9.